The Morgan fingerprint density at radius 1 is 1.27 bits per heavy atom. The van der Waals surface area contributed by atoms with Gasteiger partial charge in [-0.15, -0.1) is 0 Å². The number of rotatable bonds is 2. The molecule has 1 aliphatic carbocycles. The molecule has 0 aromatic rings. The Balaban J connectivity index is 0. The third-order valence-electron chi connectivity index (χ3n) is 1.10. The molecule has 0 spiro atoms. The van der Waals surface area contributed by atoms with Crippen LogP contribution in [0.4, 0.5) is 0 Å². The van der Waals surface area contributed by atoms with E-state index >= 15 is 0 Å². The molecule has 1 fully saturated rings. The first-order valence-corrected chi connectivity index (χ1v) is 2.84. The molecule has 7 heteroatoms. The van der Waals surface area contributed by atoms with Crippen molar-refractivity contribution in [1.82, 2.24) is 0 Å². The molecule has 0 atom stereocenters. The molecular weight excluding hydrogens is 155 g/mol. The maximum atomic E-state index is 7.80. The van der Waals surface area contributed by atoms with E-state index in [0.29, 0.717) is 0 Å². The Bertz CT molecular complexity index is 163. The fourth-order valence-electron chi connectivity index (χ4n) is 0.452. The molecule has 0 aromatic carbocycles. The molecule has 0 amide bonds. The third-order valence-corrected chi connectivity index (χ3v) is 1.10. The maximum absolute atomic E-state index is 7.80. The first-order valence-electron chi connectivity index (χ1n) is 2.84. The van der Waals surface area contributed by atoms with Gasteiger partial charge in [0.05, 0.1) is 0 Å². The van der Waals surface area contributed by atoms with Gasteiger partial charge in [0.25, 0.3) is 0 Å². The molecule has 0 radical (unpaired) electrons. The van der Waals surface area contributed by atoms with Crippen molar-refractivity contribution in [2.24, 2.45) is 11.0 Å². The summed E-state index contributed by atoms with van der Waals surface area (Å²) in [6.45, 7) is 0.719. The molecule has 0 N–H and O–H groups in total. The van der Waals surface area contributed by atoms with Gasteiger partial charge in [-0.2, -0.15) is 0 Å². The van der Waals surface area contributed by atoms with Crippen molar-refractivity contribution in [3.63, 3.8) is 0 Å². The molecule has 0 aromatic heterocycles. The molecule has 1 aliphatic rings. The van der Waals surface area contributed by atoms with E-state index in [1.807, 2.05) is 0 Å². The summed E-state index contributed by atoms with van der Waals surface area (Å²) >= 11 is 0. The summed E-state index contributed by atoms with van der Waals surface area (Å²) in [5, 5.41) is 3.41. The molecule has 6 nitrogen and oxygen atoms in total. The molecular formula is C4H7N6Na. The second-order valence-corrected chi connectivity index (χ2v) is 1.95. The maximum Gasteiger partial charge on any atom is 1.00 e. The monoisotopic (exact) mass is 162 g/mol. The Morgan fingerprint density at radius 3 is 2.00 bits per heavy atom. The molecule has 54 valence electrons. The Morgan fingerprint density at radius 2 is 1.73 bits per heavy atom. The van der Waals surface area contributed by atoms with Crippen LogP contribution in [0.1, 0.15) is 12.8 Å². The van der Waals surface area contributed by atoms with E-state index in [9.17, 15) is 0 Å². The standard InChI is InChI=1S/C4H7N3.N3.Na/c5-7-6-3-4-1-2-4;1-3-2;/h4H,1-3H2;;/q;-1;+1. The van der Waals surface area contributed by atoms with Crippen LogP contribution >= 0.6 is 0 Å². The number of azide groups is 1. The van der Waals surface area contributed by atoms with Crippen molar-refractivity contribution in [2.75, 3.05) is 6.54 Å². The minimum atomic E-state index is 0. The first-order chi connectivity index (χ1) is 4.85. The molecule has 0 bridgehead atoms. The van der Waals surface area contributed by atoms with Gasteiger partial charge in [0, 0.05) is 11.5 Å². The quantitative estimate of drug-likeness (QED) is 0.227. The van der Waals surface area contributed by atoms with E-state index < -0.39 is 0 Å². The van der Waals surface area contributed by atoms with Crippen molar-refractivity contribution >= 4 is 0 Å². The van der Waals surface area contributed by atoms with E-state index in [4.69, 9.17) is 16.6 Å². The van der Waals surface area contributed by atoms with Gasteiger partial charge in [-0.25, -0.2) is 0 Å². The molecule has 0 saturated heterocycles. The molecule has 0 unspecified atom stereocenters. The van der Waals surface area contributed by atoms with E-state index in [1.165, 1.54) is 17.8 Å². The fourth-order valence-corrected chi connectivity index (χ4v) is 0.452. The minimum absolute atomic E-state index is 0. The van der Waals surface area contributed by atoms with Gasteiger partial charge in [-0.1, -0.05) is 18.0 Å². The fraction of sp³-hybridized carbons (Fsp3) is 1.00. The van der Waals surface area contributed by atoms with Crippen LogP contribution in [0.25, 0.3) is 26.4 Å². The predicted molar refractivity (Wildman–Crippen MR) is 36.8 cm³/mol. The van der Waals surface area contributed by atoms with E-state index in [-0.39, 0.29) is 29.6 Å². The van der Waals surface area contributed by atoms with Crippen LogP contribution in [-0.2, 0) is 0 Å². The summed E-state index contributed by atoms with van der Waals surface area (Å²) in [6.07, 6.45) is 2.53. The van der Waals surface area contributed by atoms with Gasteiger partial charge in [-0.3, -0.25) is 4.91 Å². The molecule has 1 rings (SSSR count). The Kier molecular flexibility index (Phi) is 11.6. The topological polar surface area (TPSA) is 107 Å². The van der Waals surface area contributed by atoms with Crippen LogP contribution in [0, 0.1) is 5.92 Å². The molecule has 0 aliphatic heterocycles. The van der Waals surface area contributed by atoms with Crippen LogP contribution in [0.2, 0.25) is 0 Å². The zero-order chi connectivity index (χ0) is 7.82. The van der Waals surface area contributed by atoms with Crippen LogP contribution in [0.15, 0.2) is 5.11 Å². The normalized spacial score (nSPS) is 12.4. The summed E-state index contributed by atoms with van der Waals surface area (Å²) < 4.78 is 0. The van der Waals surface area contributed by atoms with Gasteiger partial charge >= 0.3 is 29.6 Å². The Labute approximate surface area is 86.3 Å². The second-order valence-electron chi connectivity index (χ2n) is 1.95. The van der Waals surface area contributed by atoms with Crippen LogP contribution in [-0.4, -0.2) is 6.54 Å². The van der Waals surface area contributed by atoms with Crippen LogP contribution in [0.5, 0.6) is 0 Å². The van der Waals surface area contributed by atoms with Gasteiger partial charge in [-0.05, 0) is 11.4 Å². The van der Waals surface area contributed by atoms with Crippen molar-refractivity contribution < 1.29 is 29.6 Å². The third kappa shape index (κ3) is 12.7. The zero-order valence-electron chi connectivity index (χ0n) is 6.38. The van der Waals surface area contributed by atoms with Gasteiger partial charge in [0.2, 0.25) is 0 Å². The summed E-state index contributed by atoms with van der Waals surface area (Å²) in [5.41, 5.74) is 21.3. The number of hydrogen-bond donors (Lipinski definition) is 0. The van der Waals surface area contributed by atoms with Crippen molar-refractivity contribution in [3.8, 4) is 0 Å². The largest absolute Gasteiger partial charge is 1.00 e. The van der Waals surface area contributed by atoms with E-state index in [2.05, 4.69) is 10.0 Å². The van der Waals surface area contributed by atoms with Crippen LogP contribution in [0.3, 0.4) is 0 Å². The average molecular weight is 162 g/mol. The van der Waals surface area contributed by atoms with E-state index in [1.54, 1.807) is 0 Å². The summed E-state index contributed by atoms with van der Waals surface area (Å²) in [5.74, 6) is 0.732. The predicted octanol–water partition coefficient (Wildman–Crippen LogP) is -0.423. The first kappa shape index (κ1) is 13.2. The minimum Gasteiger partial charge on any atom is -0.373 e. The summed E-state index contributed by atoms with van der Waals surface area (Å²) in [7, 11) is 0. The number of nitrogens with zero attached hydrogens (tertiary/aromatic N) is 6. The summed E-state index contributed by atoms with van der Waals surface area (Å²) in [4.78, 5) is 4.14. The SMILES string of the molecule is [N-]=[N+]=NCC1CC1.[N-]=[N+]=[N-].[Na+]. The Hall–Kier alpha value is -0.380. The molecule has 0 heterocycles. The smallest absolute Gasteiger partial charge is 0.373 e. The average Bonchev–Trinajstić information content (AvgIpc) is 2.68. The zero-order valence-corrected chi connectivity index (χ0v) is 8.38. The van der Waals surface area contributed by atoms with E-state index in [0.717, 1.165) is 12.5 Å². The second kappa shape index (κ2) is 9.62. The van der Waals surface area contributed by atoms with Crippen LogP contribution < -0.4 is 29.6 Å². The van der Waals surface area contributed by atoms with Crippen molar-refractivity contribution in [2.45, 2.75) is 12.8 Å². The van der Waals surface area contributed by atoms with Gasteiger partial charge in [0.1, 0.15) is 0 Å². The van der Waals surface area contributed by atoms with Crippen molar-refractivity contribution in [3.05, 3.63) is 26.4 Å². The summed E-state index contributed by atoms with van der Waals surface area (Å²) in [6, 6.07) is 0. The van der Waals surface area contributed by atoms with Crippen molar-refractivity contribution in [1.29, 1.82) is 0 Å². The van der Waals surface area contributed by atoms with Gasteiger partial charge < -0.3 is 11.1 Å². The van der Waals surface area contributed by atoms with Gasteiger partial charge in [0.15, 0.2) is 0 Å². The number of hydrogen-bond acceptors (Lipinski definition) is 1. The molecule has 11 heavy (non-hydrogen) atoms. The molecule has 1 saturated carbocycles.